The number of benzene rings is 1. The van der Waals surface area contributed by atoms with Crippen molar-refractivity contribution in [2.45, 2.75) is 302 Å². The third-order valence-electron chi connectivity index (χ3n) is 27.3. The molecule has 6 N–H and O–H groups in total. The molecular weight excluding hydrogens is 1990 g/mol. The van der Waals surface area contributed by atoms with Gasteiger partial charge in [0.1, 0.15) is 19.5 Å². The number of nitrogens with one attached hydrogen (secondary N) is 1. The predicted molar refractivity (Wildman–Crippen MR) is 580 cm³/mol. The second-order valence-electron chi connectivity index (χ2n) is 43.4. The number of anilines is 4. The fraction of sp³-hybridized carbons (Fsp3) is 0.667. The Morgan fingerprint density at radius 1 is 0.424 bits per heavy atom. The topological polar surface area (TPSA) is 386 Å². The van der Waals surface area contributed by atoms with Gasteiger partial charge in [-0.05, 0) is 290 Å². The van der Waals surface area contributed by atoms with Crippen LogP contribution in [0.3, 0.4) is 0 Å². The van der Waals surface area contributed by atoms with Crippen LogP contribution in [0.1, 0.15) is 331 Å². The first kappa shape index (κ1) is 121. The summed E-state index contributed by atoms with van der Waals surface area (Å²) in [4.78, 5) is 124. The van der Waals surface area contributed by atoms with E-state index in [1.807, 2.05) is 129 Å². The smallest absolute Gasteiger partial charge is 0.348 e. The van der Waals surface area contributed by atoms with Crippen molar-refractivity contribution in [1.82, 2.24) is 5.32 Å². The standard InChI is InChI=1S/C31H49N2O6PS.C31H42NO7PS.C24H36NO5PS.C22H32NO5PS/c1-7-38-40(37,39-8-2)20-19-32-24-13-15-25(16-14-24)33(29(34)23-11-9-22(3)10-12-23)27-21-26(17-18-31(4,5)6)41-28(27)30(35)36;1-4-39-40(3,36)20-22-7-11-23(12-8-22)27-19-26(28(41-27)30(34)35)32(29(33)24-9-5-21(2)6-10-24)25-13-15-31(16-14-25)37-17-18-38-31;1-7-30-31(6,29)15-14-25(22(26)18-10-8-17(2)9-11-18)20-16-19(12-13-24(3,4)5)32-21(20)23(27)28;1-15-6-8-16(9-7-15)20(24)23(12-13-29(5,27)28)18-14-17(10-11-22(2,3)4)30-19(18)21(25)26/h21-25,32H,7-16,19-20H2,1-6H3,(H,35,36);7-8,11-12,19,21,24-25H,4-6,9-10,13-18,20H2,1-3H3,(H,34,35);16-18H,7-11,14-15H2,1-6H3,(H,27,28);14-16H,6-9,12-13H2,1-5H3,(H,25,26)(H,27,28). The van der Waals surface area contributed by atoms with Gasteiger partial charge in [-0.1, -0.05) is 87.5 Å². The minimum atomic E-state index is -3.36. The van der Waals surface area contributed by atoms with E-state index in [0.29, 0.717) is 140 Å². The number of rotatable bonds is 35. The Bertz CT molecular complexity index is 5560. The van der Waals surface area contributed by atoms with Crippen LogP contribution in [0.5, 0.6) is 0 Å². The molecule has 3 atom stereocenters. The molecule has 6 saturated carbocycles. The van der Waals surface area contributed by atoms with Crippen LogP contribution in [0.25, 0.3) is 10.4 Å². The van der Waals surface area contributed by atoms with Crippen LogP contribution in [-0.4, -0.2) is 194 Å². The van der Waals surface area contributed by atoms with Gasteiger partial charge in [0.15, 0.2) is 13.2 Å². The summed E-state index contributed by atoms with van der Waals surface area (Å²) in [6, 6.07) is 14.7. The Hall–Kier alpha value is -6.94. The number of amides is 4. The molecule has 1 spiro atoms. The molecule has 7 aliphatic rings. The second kappa shape index (κ2) is 54.2. The lowest BCUT2D eigenvalue weighted by Gasteiger charge is -2.42. The number of nitrogens with zero attached hydrogens (tertiary/aromatic N) is 4. The van der Waals surface area contributed by atoms with Crippen LogP contribution < -0.4 is 24.9 Å². The molecule has 4 aromatic heterocycles. The van der Waals surface area contributed by atoms with Crippen LogP contribution in [0.4, 0.5) is 22.7 Å². The number of carbonyl (C=O) groups excluding carboxylic acids is 4. The van der Waals surface area contributed by atoms with Crippen molar-refractivity contribution in [3.8, 4) is 46.0 Å². The molecule has 0 bridgehead atoms. The Balaban J connectivity index is 0.000000216. The SMILES string of the molecule is CC1CCC(C(=O)N(CCP(C)(=O)O)c2cc(C#CC(C)(C)C)sc2C(=O)O)CC1.CCOP(=O)(CCNC1CCC(N(C(=O)C2CCC(C)CC2)c2cc(C#CC(C)(C)C)sc2C(=O)O)CC1)OCC.CCOP(C)(=O)CCN(C(=O)C1CCC(C)CC1)c1cc(C#CC(C)(C)C)sc1C(=O)O.CCOP(C)(=O)Cc1ccc(-c2cc(N(C(=O)C3CCC(C)CC3)C3CCC4(CC3)OCCO4)c(C(=O)O)s2)cc1. The molecule has 798 valence electrons. The normalized spacial score (nSPS) is 22.6. The van der Waals surface area contributed by atoms with Crippen LogP contribution in [0.15, 0.2) is 48.5 Å². The van der Waals surface area contributed by atoms with Crippen molar-refractivity contribution in [2.24, 2.45) is 63.6 Å². The summed E-state index contributed by atoms with van der Waals surface area (Å²) in [6.07, 6.45) is 21.1. The van der Waals surface area contributed by atoms with E-state index in [1.165, 1.54) is 27.8 Å². The lowest BCUT2D eigenvalue weighted by Crippen LogP contribution is -2.49. The number of aromatic carboxylic acids is 4. The van der Waals surface area contributed by atoms with Crippen LogP contribution >= 0.6 is 75.0 Å². The number of hydrogen-bond donors (Lipinski definition) is 6. The molecule has 5 heterocycles. The van der Waals surface area contributed by atoms with Crippen LogP contribution in [-0.2, 0) is 71.2 Å². The van der Waals surface area contributed by atoms with E-state index >= 15 is 0 Å². The summed E-state index contributed by atoms with van der Waals surface area (Å²) in [5.74, 6) is 15.5. The molecule has 3 unspecified atom stereocenters. The first-order valence-corrected chi connectivity index (χ1v) is 63.4. The summed E-state index contributed by atoms with van der Waals surface area (Å²) in [6.45, 7) is 41.7. The lowest BCUT2D eigenvalue weighted by molar-refractivity contribution is -0.179. The van der Waals surface area contributed by atoms with Gasteiger partial charge in [-0.25, -0.2) is 19.2 Å². The maximum absolute atomic E-state index is 14.2. The van der Waals surface area contributed by atoms with Crippen molar-refractivity contribution in [2.75, 3.05) is 117 Å². The van der Waals surface area contributed by atoms with E-state index in [1.54, 1.807) is 32.4 Å². The first-order chi connectivity index (χ1) is 67.5. The van der Waals surface area contributed by atoms with Crippen molar-refractivity contribution in [1.29, 1.82) is 0 Å². The van der Waals surface area contributed by atoms with Crippen molar-refractivity contribution >= 4 is 145 Å². The molecule has 28 nitrogen and oxygen atoms in total. The number of thiophene rings is 4. The molecule has 5 aromatic rings. The molecule has 4 amide bonds. The van der Waals surface area contributed by atoms with Gasteiger partial charge in [-0.2, -0.15) is 0 Å². The highest BCUT2D eigenvalue weighted by atomic mass is 32.1. The molecule has 0 radical (unpaired) electrons. The summed E-state index contributed by atoms with van der Waals surface area (Å²) < 4.78 is 83.6. The number of ether oxygens (including phenoxy) is 2. The Morgan fingerprint density at radius 2 is 0.757 bits per heavy atom. The molecule has 6 aliphatic carbocycles. The summed E-state index contributed by atoms with van der Waals surface area (Å²) in [5.41, 5.74) is 2.70. The zero-order valence-corrected chi connectivity index (χ0v) is 95.3. The van der Waals surface area contributed by atoms with E-state index in [9.17, 15) is 81.9 Å². The highest BCUT2D eigenvalue weighted by molar-refractivity contribution is 7.58. The fourth-order valence-corrected chi connectivity index (χ4v) is 27.8. The van der Waals surface area contributed by atoms with E-state index in [2.05, 4.69) is 68.5 Å². The third kappa shape index (κ3) is 37.0. The molecule has 1 saturated heterocycles. The zero-order valence-electron chi connectivity index (χ0n) is 88.4. The molecule has 36 heteroatoms. The van der Waals surface area contributed by atoms with E-state index in [-0.39, 0.29) is 132 Å². The lowest BCUT2D eigenvalue weighted by atomic mass is 9.81. The quantitative estimate of drug-likeness (QED) is 0.0162. The molecule has 12 rings (SSSR count). The van der Waals surface area contributed by atoms with Crippen LogP contribution in [0.2, 0.25) is 0 Å². The van der Waals surface area contributed by atoms with Gasteiger partial charge < -0.3 is 77.8 Å². The second-order valence-corrected chi connectivity index (χ2v) is 57.7. The monoisotopic (exact) mass is 2150 g/mol. The average Bonchev–Trinajstić information content (AvgIpc) is 1.60. The van der Waals surface area contributed by atoms with Gasteiger partial charge in [0, 0.05) is 134 Å². The largest absolute Gasteiger partial charge is 0.477 e. The molecule has 144 heavy (non-hydrogen) atoms. The molecule has 7 fully saturated rings. The Morgan fingerprint density at radius 3 is 1.12 bits per heavy atom. The van der Waals surface area contributed by atoms with Gasteiger partial charge >= 0.3 is 31.5 Å². The third-order valence-corrected chi connectivity index (χ3v) is 38.2. The maximum Gasteiger partial charge on any atom is 0.348 e. The van der Waals surface area contributed by atoms with E-state index in [4.69, 9.17) is 27.6 Å². The van der Waals surface area contributed by atoms with Gasteiger partial charge in [0.05, 0.1) is 83.2 Å². The first-order valence-electron chi connectivity index (χ1n) is 51.6. The van der Waals surface area contributed by atoms with Crippen molar-refractivity contribution in [3.63, 3.8) is 0 Å². The maximum atomic E-state index is 14.2. The summed E-state index contributed by atoms with van der Waals surface area (Å²) in [5, 5.41) is 43.5. The van der Waals surface area contributed by atoms with Gasteiger partial charge in [-0.3, -0.25) is 37.4 Å². The minimum Gasteiger partial charge on any atom is -0.477 e. The summed E-state index contributed by atoms with van der Waals surface area (Å²) in [7, 11) is -12.1. The van der Waals surface area contributed by atoms with Crippen LogP contribution in [0, 0.1) is 99.1 Å². The highest BCUT2D eigenvalue weighted by Gasteiger charge is 2.47. The van der Waals surface area contributed by atoms with E-state index in [0.717, 1.165) is 178 Å². The zero-order chi connectivity index (χ0) is 106. The number of hydrogen-bond acceptors (Lipinski definition) is 23. The summed E-state index contributed by atoms with van der Waals surface area (Å²) >= 11 is 4.47. The van der Waals surface area contributed by atoms with Gasteiger partial charge in [0.25, 0.3) is 0 Å². The molecular formula is C108H159N5O23P4S4. The Kier molecular flexibility index (Phi) is 45.4. The fourth-order valence-electron chi connectivity index (χ4n) is 19.4. The van der Waals surface area contributed by atoms with Crippen molar-refractivity contribution < 1.29 is 110 Å². The predicted octanol–water partition coefficient (Wildman–Crippen LogP) is 25.4. The molecule has 1 aromatic carbocycles. The number of carboxylic acid groups (broad SMARTS) is 4. The van der Waals surface area contributed by atoms with E-state index < -0.39 is 59.4 Å². The Labute approximate surface area is 871 Å². The number of carbonyl (C=O) groups is 8. The average molecular weight is 2150 g/mol. The minimum absolute atomic E-state index is 0.0122. The number of carboxylic acids is 4. The van der Waals surface area contributed by atoms with Gasteiger partial charge in [0.2, 0.25) is 38.4 Å². The van der Waals surface area contributed by atoms with Gasteiger partial charge in [-0.15, -0.1) is 45.3 Å². The molecule has 1 aliphatic heterocycles. The highest BCUT2D eigenvalue weighted by Crippen LogP contribution is 2.52. The van der Waals surface area contributed by atoms with Crippen molar-refractivity contribution in [3.05, 3.63) is 88.2 Å².